The first-order chi connectivity index (χ1) is 19.7. The van der Waals surface area contributed by atoms with E-state index in [9.17, 15) is 17.6 Å². The lowest BCUT2D eigenvalue weighted by molar-refractivity contribution is 0.444. The Bertz CT molecular complexity index is 1530. The summed E-state index contributed by atoms with van der Waals surface area (Å²) in [5.41, 5.74) is 1.09. The number of aryl methyl sites for hydroxylation is 1. The van der Waals surface area contributed by atoms with Crippen LogP contribution in [-0.2, 0) is 12.2 Å². The number of aromatic nitrogens is 4. The van der Waals surface area contributed by atoms with E-state index < -0.39 is 40.4 Å². The van der Waals surface area contributed by atoms with Crippen LogP contribution in [0.2, 0.25) is 0 Å². The molecule has 3 heterocycles. The maximum Gasteiger partial charge on any atom is 0.196 e. The molecular formula is C28H27F5N6S2. The number of anilines is 3. The highest BCUT2D eigenvalue weighted by Gasteiger charge is 2.23. The largest absolute Gasteiger partial charge is 0.356 e. The molecular weight excluding hydrogens is 579 g/mol. The monoisotopic (exact) mass is 606 g/mol. The van der Waals surface area contributed by atoms with Crippen molar-refractivity contribution >= 4 is 41.0 Å². The van der Waals surface area contributed by atoms with Crippen LogP contribution in [0, 0.1) is 36.0 Å². The molecule has 2 N–H and O–H groups in total. The van der Waals surface area contributed by atoms with Gasteiger partial charge < -0.3 is 10.2 Å². The number of aromatic amines is 1. The number of nitrogens with zero attached hydrogens (tertiary/aromatic N) is 4. The number of nitrogens with one attached hydrogen (secondary N) is 2. The van der Waals surface area contributed by atoms with Crippen molar-refractivity contribution < 1.29 is 22.0 Å². The number of H-pyrrole nitrogens is 1. The summed E-state index contributed by atoms with van der Waals surface area (Å²) in [5, 5.41) is 10.8. The molecule has 0 radical (unpaired) electrons. The summed E-state index contributed by atoms with van der Waals surface area (Å²) in [6.45, 7) is 5.66. The van der Waals surface area contributed by atoms with E-state index in [1.54, 1.807) is 6.07 Å². The van der Waals surface area contributed by atoms with Crippen molar-refractivity contribution in [2.24, 2.45) is 0 Å². The molecule has 1 saturated heterocycles. The summed E-state index contributed by atoms with van der Waals surface area (Å²) in [6, 6.07) is 6.31. The Kier molecular flexibility index (Phi) is 9.03. The van der Waals surface area contributed by atoms with Crippen molar-refractivity contribution in [3.05, 3.63) is 76.2 Å². The lowest BCUT2D eigenvalue weighted by Crippen LogP contribution is -2.31. The predicted molar refractivity (Wildman–Crippen MR) is 150 cm³/mol. The third kappa shape index (κ3) is 6.61. The fourth-order valence-electron chi connectivity index (χ4n) is 4.55. The van der Waals surface area contributed by atoms with E-state index in [0.29, 0.717) is 28.1 Å². The fourth-order valence-corrected chi connectivity index (χ4v) is 6.23. The molecule has 2 aromatic heterocycles. The highest BCUT2D eigenvalue weighted by atomic mass is 32.2. The molecule has 0 spiro atoms. The average molecular weight is 607 g/mol. The van der Waals surface area contributed by atoms with Crippen LogP contribution in [0.1, 0.15) is 43.0 Å². The molecule has 1 aliphatic heterocycles. The molecule has 0 atom stereocenters. The SMILES string of the molecule is CCc1c(Nc2cc(C)[nH]n2)nc(Sc2ccc(SCc3c(F)c(F)cc(F)c3F)cc2F)nc1N1CCCCC1. The first-order valence-electron chi connectivity index (χ1n) is 13.1. The normalized spacial score (nSPS) is 13.6. The van der Waals surface area contributed by atoms with Gasteiger partial charge in [0, 0.05) is 52.7 Å². The van der Waals surface area contributed by atoms with Crippen LogP contribution in [0.15, 0.2) is 45.3 Å². The van der Waals surface area contributed by atoms with Crippen LogP contribution < -0.4 is 10.2 Å². The number of piperidine rings is 1. The van der Waals surface area contributed by atoms with E-state index in [4.69, 9.17) is 9.97 Å². The van der Waals surface area contributed by atoms with E-state index in [0.717, 1.165) is 73.0 Å². The van der Waals surface area contributed by atoms with Gasteiger partial charge in [0.2, 0.25) is 0 Å². The quantitative estimate of drug-likeness (QED) is 0.0868. The van der Waals surface area contributed by atoms with Gasteiger partial charge in [-0.2, -0.15) is 5.10 Å². The number of benzene rings is 2. The number of hydrogen-bond acceptors (Lipinski definition) is 7. The Morgan fingerprint density at radius 2 is 1.63 bits per heavy atom. The van der Waals surface area contributed by atoms with E-state index >= 15 is 4.39 Å². The van der Waals surface area contributed by atoms with Crippen LogP contribution >= 0.6 is 23.5 Å². The van der Waals surface area contributed by atoms with E-state index in [1.165, 1.54) is 12.1 Å². The molecule has 1 aliphatic rings. The van der Waals surface area contributed by atoms with Gasteiger partial charge in [-0.3, -0.25) is 5.10 Å². The number of rotatable bonds is 9. The highest BCUT2D eigenvalue weighted by molar-refractivity contribution is 7.99. The zero-order chi connectivity index (χ0) is 29.1. The number of halogens is 5. The Labute approximate surface area is 242 Å². The second-order valence-electron chi connectivity index (χ2n) is 9.55. The molecule has 13 heteroatoms. The van der Waals surface area contributed by atoms with Crippen LogP contribution in [0.3, 0.4) is 0 Å². The molecule has 2 aromatic carbocycles. The summed E-state index contributed by atoms with van der Waals surface area (Å²) in [4.78, 5) is 12.4. The van der Waals surface area contributed by atoms with Crippen LogP contribution in [0.5, 0.6) is 0 Å². The van der Waals surface area contributed by atoms with E-state index in [-0.39, 0.29) is 11.0 Å². The Morgan fingerprint density at radius 1 is 0.902 bits per heavy atom. The van der Waals surface area contributed by atoms with Gasteiger partial charge in [-0.15, -0.1) is 11.8 Å². The minimum atomic E-state index is -1.48. The average Bonchev–Trinajstić information content (AvgIpc) is 3.37. The van der Waals surface area contributed by atoms with Gasteiger partial charge in [0.15, 0.2) is 34.2 Å². The molecule has 4 aromatic rings. The molecule has 0 amide bonds. The molecule has 216 valence electrons. The molecule has 0 unspecified atom stereocenters. The van der Waals surface area contributed by atoms with Gasteiger partial charge in [0.05, 0.1) is 4.90 Å². The van der Waals surface area contributed by atoms with Crippen molar-refractivity contribution in [2.75, 3.05) is 23.3 Å². The maximum atomic E-state index is 15.2. The van der Waals surface area contributed by atoms with Crippen molar-refractivity contribution in [3.8, 4) is 0 Å². The van der Waals surface area contributed by atoms with Crippen LogP contribution in [0.25, 0.3) is 0 Å². The van der Waals surface area contributed by atoms with Gasteiger partial charge in [0.1, 0.15) is 17.5 Å². The van der Waals surface area contributed by atoms with Gasteiger partial charge in [-0.05, 0) is 62.6 Å². The topological polar surface area (TPSA) is 69.7 Å². The molecule has 0 bridgehead atoms. The zero-order valence-electron chi connectivity index (χ0n) is 22.3. The molecule has 5 rings (SSSR count). The molecule has 1 fully saturated rings. The third-order valence-corrected chi connectivity index (χ3v) is 8.55. The fraction of sp³-hybridized carbons (Fsp3) is 0.321. The molecule has 0 aliphatic carbocycles. The minimum absolute atomic E-state index is 0.160. The summed E-state index contributed by atoms with van der Waals surface area (Å²) < 4.78 is 70.3. The molecule has 6 nitrogen and oxygen atoms in total. The zero-order valence-corrected chi connectivity index (χ0v) is 24.0. The summed E-state index contributed by atoms with van der Waals surface area (Å²) in [5.74, 6) is -4.89. The van der Waals surface area contributed by atoms with Gasteiger partial charge >= 0.3 is 0 Å². The van der Waals surface area contributed by atoms with Crippen LogP contribution in [-0.4, -0.2) is 33.3 Å². The standard InChI is InChI=1S/C28H27F5N6S2/c1-3-17-26(34-23-11-15(2)37-38-23)35-28(36-27(17)39-9-5-4-6-10-39)41-22-8-7-16(12-19(22)29)40-14-18-24(32)20(30)13-21(31)25(18)33/h7-8,11-13H,3-6,9-10,14H2,1-2H3,(H2,34,35,36,37,38). The van der Waals surface area contributed by atoms with Crippen molar-refractivity contribution in [2.45, 2.75) is 60.2 Å². The lowest BCUT2D eigenvalue weighted by Gasteiger charge is -2.30. The Hall–Kier alpha value is -3.32. The first-order valence-corrected chi connectivity index (χ1v) is 14.9. The number of hydrogen-bond donors (Lipinski definition) is 2. The second kappa shape index (κ2) is 12.7. The lowest BCUT2D eigenvalue weighted by atomic mass is 10.1. The van der Waals surface area contributed by atoms with Crippen LogP contribution in [0.4, 0.5) is 39.4 Å². The summed E-state index contributed by atoms with van der Waals surface area (Å²) in [7, 11) is 0. The van der Waals surface area contributed by atoms with E-state index in [1.807, 2.05) is 19.9 Å². The maximum absolute atomic E-state index is 15.2. The highest BCUT2D eigenvalue weighted by Crippen LogP contribution is 2.36. The number of thioether (sulfide) groups is 1. The van der Waals surface area contributed by atoms with Crippen molar-refractivity contribution in [1.82, 2.24) is 20.2 Å². The first kappa shape index (κ1) is 29.2. The minimum Gasteiger partial charge on any atom is -0.356 e. The van der Waals surface area contributed by atoms with Gasteiger partial charge in [0.25, 0.3) is 0 Å². The smallest absolute Gasteiger partial charge is 0.196 e. The van der Waals surface area contributed by atoms with Crippen molar-refractivity contribution in [3.63, 3.8) is 0 Å². The summed E-state index contributed by atoms with van der Waals surface area (Å²) >= 11 is 1.91. The Balaban J connectivity index is 1.41. The van der Waals surface area contributed by atoms with Crippen molar-refractivity contribution in [1.29, 1.82) is 0 Å². The van der Waals surface area contributed by atoms with Gasteiger partial charge in [-0.1, -0.05) is 6.92 Å². The predicted octanol–water partition coefficient (Wildman–Crippen LogP) is 7.94. The summed E-state index contributed by atoms with van der Waals surface area (Å²) in [6.07, 6.45) is 3.95. The van der Waals surface area contributed by atoms with E-state index in [2.05, 4.69) is 20.4 Å². The molecule has 41 heavy (non-hydrogen) atoms. The second-order valence-corrected chi connectivity index (χ2v) is 11.6. The third-order valence-electron chi connectivity index (χ3n) is 6.62. The van der Waals surface area contributed by atoms with Gasteiger partial charge in [-0.25, -0.2) is 31.9 Å². The molecule has 0 saturated carbocycles. The Morgan fingerprint density at radius 3 is 2.27 bits per heavy atom.